The highest BCUT2D eigenvalue weighted by Gasteiger charge is 2.25. The van der Waals surface area contributed by atoms with Crippen LogP contribution in [0.5, 0.6) is 0 Å². The van der Waals surface area contributed by atoms with Crippen molar-refractivity contribution < 1.29 is 13.2 Å². The van der Waals surface area contributed by atoms with Crippen molar-refractivity contribution >= 4 is 49.0 Å². The van der Waals surface area contributed by atoms with E-state index in [4.69, 9.17) is 0 Å². The van der Waals surface area contributed by atoms with Crippen LogP contribution in [0.15, 0.2) is 59.6 Å². The first-order chi connectivity index (χ1) is 15.3. The van der Waals surface area contributed by atoms with Crippen molar-refractivity contribution in [2.75, 3.05) is 16.2 Å². The molecule has 0 aliphatic carbocycles. The second-order valence-electron chi connectivity index (χ2n) is 7.69. The molecule has 0 saturated heterocycles. The van der Waals surface area contributed by atoms with Gasteiger partial charge < -0.3 is 4.90 Å². The number of benzene rings is 2. The minimum atomic E-state index is -3.77. The van der Waals surface area contributed by atoms with Crippen molar-refractivity contribution in [3.05, 3.63) is 65.9 Å². The Kier molecular flexibility index (Phi) is 4.94. The van der Waals surface area contributed by atoms with Gasteiger partial charge in [-0.2, -0.15) is 0 Å². The molecule has 0 radical (unpaired) electrons. The number of nitrogens with zero attached hydrogens (tertiary/aromatic N) is 3. The molecule has 32 heavy (non-hydrogen) atoms. The number of rotatable bonds is 4. The number of sulfonamides is 1. The molecule has 162 valence electrons. The van der Waals surface area contributed by atoms with Crippen molar-refractivity contribution in [3.8, 4) is 10.6 Å². The van der Waals surface area contributed by atoms with Gasteiger partial charge in [-0.1, -0.05) is 11.3 Å². The largest absolute Gasteiger partial charge is 0.312 e. The van der Waals surface area contributed by atoms with Gasteiger partial charge in [0, 0.05) is 30.9 Å². The third-order valence-electron chi connectivity index (χ3n) is 5.52. The quantitative estimate of drug-likeness (QED) is 0.484. The Hall–Kier alpha value is -3.30. The maximum atomic E-state index is 13.0. The molecule has 2 aromatic carbocycles. The van der Waals surface area contributed by atoms with Crippen molar-refractivity contribution in [1.82, 2.24) is 9.97 Å². The first-order valence-electron chi connectivity index (χ1n) is 10.1. The topological polar surface area (TPSA) is 92.3 Å². The zero-order chi connectivity index (χ0) is 22.5. The zero-order valence-corrected chi connectivity index (χ0v) is 19.1. The lowest BCUT2D eigenvalue weighted by molar-refractivity contribution is -0.116. The van der Waals surface area contributed by atoms with E-state index in [1.165, 1.54) is 18.3 Å². The van der Waals surface area contributed by atoms with E-state index in [0.717, 1.165) is 37.7 Å². The standard InChI is InChI=1S/C23H20N4O3S2/c1-14-12-17(22-25-20-4-3-10-24-23(20)31-22)5-7-19(14)26-32(29,30)18-6-8-21-16(13-18)9-11-27(21)15(2)28/h3-8,10,12-13,26H,9,11H2,1-2H3. The van der Waals surface area contributed by atoms with Gasteiger partial charge >= 0.3 is 0 Å². The van der Waals surface area contributed by atoms with Crippen LogP contribution in [-0.4, -0.2) is 30.8 Å². The van der Waals surface area contributed by atoms with Crippen molar-refractivity contribution in [1.29, 1.82) is 0 Å². The van der Waals surface area contributed by atoms with E-state index in [1.54, 1.807) is 35.4 Å². The van der Waals surface area contributed by atoms with E-state index in [9.17, 15) is 13.2 Å². The molecular formula is C23H20N4O3S2. The number of aromatic nitrogens is 2. The van der Waals surface area contributed by atoms with Gasteiger partial charge in [0.15, 0.2) is 0 Å². The molecule has 1 aliphatic rings. The molecule has 1 amide bonds. The normalized spacial score (nSPS) is 13.4. The van der Waals surface area contributed by atoms with Crippen molar-refractivity contribution in [2.24, 2.45) is 0 Å². The SMILES string of the molecule is CC(=O)N1CCc2cc(S(=O)(=O)Nc3ccc(-c4nc5cccnc5s4)cc3C)ccc21. The molecule has 1 aliphatic heterocycles. The summed E-state index contributed by atoms with van der Waals surface area (Å²) in [6.45, 7) is 3.95. The van der Waals surface area contributed by atoms with E-state index in [2.05, 4.69) is 14.7 Å². The molecule has 0 saturated carbocycles. The van der Waals surface area contributed by atoms with Crippen molar-refractivity contribution in [2.45, 2.75) is 25.2 Å². The van der Waals surface area contributed by atoms with E-state index in [-0.39, 0.29) is 10.8 Å². The van der Waals surface area contributed by atoms with E-state index >= 15 is 0 Å². The van der Waals surface area contributed by atoms with Crippen LogP contribution in [0.4, 0.5) is 11.4 Å². The number of pyridine rings is 1. The molecular weight excluding hydrogens is 444 g/mol. The number of carbonyl (C=O) groups excluding carboxylic acids is 1. The number of thiazole rings is 1. The number of nitrogens with one attached hydrogen (secondary N) is 1. The van der Waals surface area contributed by atoms with Crippen LogP contribution >= 0.6 is 11.3 Å². The second-order valence-corrected chi connectivity index (χ2v) is 10.4. The van der Waals surface area contributed by atoms with E-state index in [1.807, 2.05) is 31.2 Å². The fourth-order valence-corrected chi connectivity index (χ4v) is 5.97. The first kappa shape index (κ1) is 20.6. The average Bonchev–Trinajstić information content (AvgIpc) is 3.38. The monoisotopic (exact) mass is 464 g/mol. The number of carbonyl (C=O) groups is 1. The number of amides is 1. The molecule has 9 heteroatoms. The van der Waals surface area contributed by atoms with Gasteiger partial charge in [-0.25, -0.2) is 18.4 Å². The number of fused-ring (bicyclic) bond motifs is 2. The molecule has 0 atom stereocenters. The summed E-state index contributed by atoms with van der Waals surface area (Å²) in [7, 11) is -3.77. The minimum Gasteiger partial charge on any atom is -0.312 e. The highest BCUT2D eigenvalue weighted by molar-refractivity contribution is 7.92. The molecule has 5 rings (SSSR count). The number of hydrogen-bond donors (Lipinski definition) is 1. The average molecular weight is 465 g/mol. The predicted molar refractivity (Wildman–Crippen MR) is 127 cm³/mol. The predicted octanol–water partition coefficient (Wildman–Crippen LogP) is 4.38. The van der Waals surface area contributed by atoms with Crippen LogP contribution in [-0.2, 0) is 21.2 Å². The Balaban J connectivity index is 1.42. The van der Waals surface area contributed by atoms with Crippen molar-refractivity contribution in [3.63, 3.8) is 0 Å². The van der Waals surface area contributed by atoms with Gasteiger partial charge in [0.2, 0.25) is 5.91 Å². The summed E-state index contributed by atoms with van der Waals surface area (Å²) in [5.74, 6) is -0.0443. The van der Waals surface area contributed by atoms with Crippen LogP contribution in [0.3, 0.4) is 0 Å². The Morgan fingerprint density at radius 3 is 2.75 bits per heavy atom. The first-order valence-corrected chi connectivity index (χ1v) is 12.4. The highest BCUT2D eigenvalue weighted by atomic mass is 32.2. The lowest BCUT2D eigenvalue weighted by Crippen LogP contribution is -2.25. The molecule has 2 aromatic heterocycles. The lowest BCUT2D eigenvalue weighted by atomic mass is 10.1. The third kappa shape index (κ3) is 3.63. The minimum absolute atomic E-state index is 0.0443. The fraction of sp³-hybridized carbons (Fsp3) is 0.174. The molecule has 0 spiro atoms. The lowest BCUT2D eigenvalue weighted by Gasteiger charge is -2.15. The van der Waals surface area contributed by atoms with Gasteiger partial charge in [-0.3, -0.25) is 9.52 Å². The van der Waals surface area contributed by atoms with Gasteiger partial charge in [-0.05, 0) is 73.0 Å². The number of aryl methyl sites for hydroxylation is 1. The van der Waals surface area contributed by atoms with Gasteiger partial charge in [0.05, 0.1) is 10.6 Å². The van der Waals surface area contributed by atoms with E-state index < -0.39 is 10.0 Å². The molecule has 7 nitrogen and oxygen atoms in total. The van der Waals surface area contributed by atoms with Gasteiger partial charge in [0.1, 0.15) is 15.4 Å². The fourth-order valence-electron chi connectivity index (χ4n) is 3.88. The molecule has 0 unspecified atom stereocenters. The van der Waals surface area contributed by atoms with Gasteiger partial charge in [0.25, 0.3) is 10.0 Å². The molecule has 0 fully saturated rings. The molecule has 1 N–H and O–H groups in total. The maximum absolute atomic E-state index is 13.0. The summed E-state index contributed by atoms with van der Waals surface area (Å²) in [5.41, 5.74) is 4.70. The molecule has 3 heterocycles. The second kappa shape index (κ2) is 7.68. The summed E-state index contributed by atoms with van der Waals surface area (Å²) in [6, 6.07) is 14.2. The Bertz CT molecular complexity index is 1440. The molecule has 4 aromatic rings. The van der Waals surface area contributed by atoms with Crippen LogP contribution < -0.4 is 9.62 Å². The highest BCUT2D eigenvalue weighted by Crippen LogP contribution is 2.33. The van der Waals surface area contributed by atoms with Crippen LogP contribution in [0.2, 0.25) is 0 Å². The summed E-state index contributed by atoms with van der Waals surface area (Å²) in [4.78, 5) is 23.4. The summed E-state index contributed by atoms with van der Waals surface area (Å²) >= 11 is 1.50. The van der Waals surface area contributed by atoms with Crippen LogP contribution in [0.1, 0.15) is 18.1 Å². The number of anilines is 2. The van der Waals surface area contributed by atoms with E-state index in [0.29, 0.717) is 18.7 Å². The zero-order valence-electron chi connectivity index (χ0n) is 17.5. The summed E-state index contributed by atoms with van der Waals surface area (Å²) in [6.07, 6.45) is 2.38. The summed E-state index contributed by atoms with van der Waals surface area (Å²) < 4.78 is 28.8. The summed E-state index contributed by atoms with van der Waals surface area (Å²) in [5, 5.41) is 0.838. The van der Waals surface area contributed by atoms with Crippen LogP contribution in [0.25, 0.3) is 20.9 Å². The maximum Gasteiger partial charge on any atom is 0.261 e. The Morgan fingerprint density at radius 1 is 1.16 bits per heavy atom. The smallest absolute Gasteiger partial charge is 0.261 e. The van der Waals surface area contributed by atoms with Gasteiger partial charge in [-0.15, -0.1) is 0 Å². The Morgan fingerprint density at radius 2 is 2.00 bits per heavy atom. The third-order valence-corrected chi connectivity index (χ3v) is 7.91. The Labute approximate surface area is 189 Å². The molecule has 0 bridgehead atoms. The van der Waals surface area contributed by atoms with Crippen LogP contribution in [0, 0.1) is 6.92 Å². The number of hydrogen-bond acceptors (Lipinski definition) is 6.